The monoisotopic (exact) mass is 556 g/mol. The molecule has 2 rings (SSSR count). The number of unbranched alkanes of at least 4 members (excludes halogenated alkanes) is 1. The number of hydrogen-bond acceptors (Lipinski definition) is 7. The summed E-state index contributed by atoms with van der Waals surface area (Å²) in [5.41, 5.74) is 1.59. The second-order valence-corrected chi connectivity index (χ2v) is 10.4. The van der Waals surface area contributed by atoms with Crippen molar-refractivity contribution in [2.75, 3.05) is 19.8 Å². The minimum Gasteiger partial charge on any atom is -0.494 e. The van der Waals surface area contributed by atoms with Gasteiger partial charge in [-0.05, 0) is 54.7 Å². The summed E-state index contributed by atoms with van der Waals surface area (Å²) < 4.78 is 121. The summed E-state index contributed by atoms with van der Waals surface area (Å²) in [6, 6.07) is 11.9. The molecule has 0 saturated carbocycles. The lowest BCUT2D eigenvalue weighted by atomic mass is 10.1. The first-order chi connectivity index (χ1) is 16.7. The molecule has 0 amide bonds. The highest BCUT2D eigenvalue weighted by atomic mass is 32.2. The van der Waals surface area contributed by atoms with Crippen LogP contribution in [0.5, 0.6) is 11.5 Å². The zero-order valence-corrected chi connectivity index (χ0v) is 20.4. The molecule has 200 valence electrons. The molecule has 0 atom stereocenters. The van der Waals surface area contributed by atoms with E-state index >= 15 is 0 Å². The third kappa shape index (κ3) is 7.41. The molecule has 0 aliphatic rings. The van der Waals surface area contributed by atoms with Crippen molar-refractivity contribution in [1.82, 2.24) is 0 Å². The van der Waals surface area contributed by atoms with Crippen LogP contribution in [0, 0.1) is 0 Å². The number of alkyl halides is 4. The molecule has 14 heteroatoms. The molecule has 36 heavy (non-hydrogen) atoms. The normalized spacial score (nSPS) is 12.8. The predicted molar refractivity (Wildman–Crippen MR) is 123 cm³/mol. The number of hydrogen-bond donors (Lipinski definition) is 1. The van der Waals surface area contributed by atoms with Gasteiger partial charge in [0.2, 0.25) is 0 Å². The van der Waals surface area contributed by atoms with E-state index in [1.54, 1.807) is 6.08 Å². The van der Waals surface area contributed by atoms with Gasteiger partial charge in [0.25, 0.3) is 0 Å². The van der Waals surface area contributed by atoms with Crippen molar-refractivity contribution >= 4 is 26.3 Å². The Kier molecular flexibility index (Phi) is 9.88. The van der Waals surface area contributed by atoms with Crippen molar-refractivity contribution < 1.29 is 52.6 Å². The summed E-state index contributed by atoms with van der Waals surface area (Å²) in [5, 5.41) is -12.6. The molecule has 0 unspecified atom stereocenters. The fraction of sp³-hybridized carbons (Fsp3) is 0.364. The number of ether oxygens (including phenoxy) is 2. The van der Waals surface area contributed by atoms with Gasteiger partial charge < -0.3 is 13.7 Å². The first-order valence-electron chi connectivity index (χ1n) is 10.4. The maximum Gasteiger partial charge on any atom is 0.460 e. The first-order valence-corrected chi connectivity index (χ1v) is 13.2. The van der Waals surface area contributed by atoms with Crippen LogP contribution in [0.1, 0.15) is 24.0 Å². The average molecular weight is 557 g/mol. The third-order valence-electron chi connectivity index (χ3n) is 4.71. The molecule has 0 aromatic heterocycles. The summed E-state index contributed by atoms with van der Waals surface area (Å²) in [5.74, 6) is -0.0118. The largest absolute Gasteiger partial charge is 0.494 e. The highest BCUT2D eigenvalue weighted by Gasteiger charge is 2.74. The minimum absolute atomic E-state index is 0.293. The van der Waals surface area contributed by atoms with Crippen molar-refractivity contribution in [3.05, 3.63) is 66.2 Å². The van der Waals surface area contributed by atoms with E-state index in [0.717, 1.165) is 36.3 Å². The Hall–Kier alpha value is -2.68. The standard InChI is InChI=1S/C22H24F4O8S2/c1-2-17-5-9-19(10-6-17)33-15-4-3-14-32-16-13-18-7-11-20(12-8-18)34-36(30,31)22(25,26)21(23,24)35(27,28)29/h2,5-12H,1,3-4,13-16H2,(H,27,28,29). The lowest BCUT2D eigenvalue weighted by Crippen LogP contribution is -2.53. The molecule has 8 nitrogen and oxygen atoms in total. The lowest BCUT2D eigenvalue weighted by Gasteiger charge is -2.23. The second-order valence-electron chi connectivity index (χ2n) is 7.38. The molecule has 0 fully saturated rings. The van der Waals surface area contributed by atoms with Crippen molar-refractivity contribution in [3.8, 4) is 11.5 Å². The SMILES string of the molecule is C=Cc1ccc(OCCCCOCCc2ccc(OS(=O)(=O)C(F)(F)C(F)(F)S(=O)(=O)O)cc2)cc1. The Labute approximate surface area is 206 Å². The zero-order valence-electron chi connectivity index (χ0n) is 18.8. The molecule has 1 N–H and O–H groups in total. The Morgan fingerprint density at radius 2 is 1.36 bits per heavy atom. The first kappa shape index (κ1) is 29.5. The molecule has 0 aliphatic heterocycles. The maximum atomic E-state index is 13.6. The van der Waals surface area contributed by atoms with Crippen LogP contribution in [0.2, 0.25) is 0 Å². The fourth-order valence-corrected chi connectivity index (χ4v) is 4.36. The van der Waals surface area contributed by atoms with Crippen molar-refractivity contribution in [1.29, 1.82) is 0 Å². The van der Waals surface area contributed by atoms with Crippen molar-refractivity contribution in [3.63, 3.8) is 0 Å². The number of rotatable bonds is 15. The van der Waals surface area contributed by atoms with E-state index in [0.29, 0.717) is 31.8 Å². The molecule has 0 heterocycles. The quantitative estimate of drug-likeness (QED) is 0.147. The molecule has 0 spiro atoms. The fourth-order valence-electron chi connectivity index (χ4n) is 2.67. The van der Waals surface area contributed by atoms with Crippen LogP contribution in [0.4, 0.5) is 17.6 Å². The zero-order chi connectivity index (χ0) is 27.0. The Morgan fingerprint density at radius 1 is 0.806 bits per heavy atom. The van der Waals surface area contributed by atoms with Gasteiger partial charge in [-0.2, -0.15) is 34.4 Å². The smallest absolute Gasteiger partial charge is 0.460 e. The van der Waals surface area contributed by atoms with Gasteiger partial charge in [0, 0.05) is 6.61 Å². The molecule has 0 saturated heterocycles. The Balaban J connectivity index is 1.73. The van der Waals surface area contributed by atoms with Gasteiger partial charge in [0.1, 0.15) is 11.5 Å². The van der Waals surface area contributed by atoms with Gasteiger partial charge in [-0.3, -0.25) is 4.55 Å². The van der Waals surface area contributed by atoms with Crippen LogP contribution in [-0.2, 0) is 31.4 Å². The van der Waals surface area contributed by atoms with Gasteiger partial charge >= 0.3 is 30.7 Å². The molecule has 2 aromatic rings. The van der Waals surface area contributed by atoms with Crippen LogP contribution in [0.15, 0.2) is 55.1 Å². The van der Waals surface area contributed by atoms with Crippen LogP contribution in [0.25, 0.3) is 6.08 Å². The summed E-state index contributed by atoms with van der Waals surface area (Å²) in [6.45, 7) is 4.93. The number of benzene rings is 2. The second kappa shape index (κ2) is 12.0. The van der Waals surface area contributed by atoms with Gasteiger partial charge in [0.15, 0.2) is 0 Å². The molecular formula is C22H24F4O8S2. The average Bonchev–Trinajstić information content (AvgIpc) is 2.81. The van der Waals surface area contributed by atoms with Gasteiger partial charge in [-0.15, -0.1) is 0 Å². The molecular weight excluding hydrogens is 532 g/mol. The van der Waals surface area contributed by atoms with Gasteiger partial charge in [-0.1, -0.05) is 36.9 Å². The van der Waals surface area contributed by atoms with E-state index in [-0.39, 0.29) is 0 Å². The van der Waals surface area contributed by atoms with E-state index in [2.05, 4.69) is 10.8 Å². The lowest BCUT2D eigenvalue weighted by molar-refractivity contribution is -0.105. The predicted octanol–water partition coefficient (Wildman–Crippen LogP) is 4.53. The van der Waals surface area contributed by atoms with Gasteiger partial charge in [0.05, 0.1) is 13.2 Å². The topological polar surface area (TPSA) is 116 Å². The highest BCUT2D eigenvalue weighted by molar-refractivity contribution is 7.91. The van der Waals surface area contributed by atoms with E-state index in [1.165, 1.54) is 12.1 Å². The highest BCUT2D eigenvalue weighted by Crippen LogP contribution is 2.43. The summed E-state index contributed by atoms with van der Waals surface area (Å²) in [4.78, 5) is 0. The molecule has 0 bridgehead atoms. The summed E-state index contributed by atoms with van der Waals surface area (Å²) in [7, 11) is -13.2. The van der Waals surface area contributed by atoms with Crippen LogP contribution in [-0.4, -0.2) is 51.7 Å². The van der Waals surface area contributed by atoms with E-state index in [1.807, 2.05) is 24.3 Å². The Bertz CT molecular complexity index is 1210. The van der Waals surface area contributed by atoms with E-state index in [4.69, 9.17) is 14.0 Å². The van der Waals surface area contributed by atoms with E-state index in [9.17, 15) is 34.4 Å². The number of halogens is 4. The van der Waals surface area contributed by atoms with Crippen LogP contribution >= 0.6 is 0 Å². The summed E-state index contributed by atoms with van der Waals surface area (Å²) >= 11 is 0. The van der Waals surface area contributed by atoms with E-state index < -0.39 is 36.5 Å². The van der Waals surface area contributed by atoms with Crippen molar-refractivity contribution in [2.45, 2.75) is 29.8 Å². The van der Waals surface area contributed by atoms with Crippen molar-refractivity contribution in [2.24, 2.45) is 0 Å². The minimum atomic E-state index is -6.74. The van der Waals surface area contributed by atoms with Gasteiger partial charge in [-0.25, -0.2) is 0 Å². The summed E-state index contributed by atoms with van der Waals surface area (Å²) in [6.07, 6.45) is 3.59. The molecule has 0 radical (unpaired) electrons. The Morgan fingerprint density at radius 3 is 1.92 bits per heavy atom. The van der Waals surface area contributed by atoms with Crippen LogP contribution in [0.3, 0.4) is 0 Å². The van der Waals surface area contributed by atoms with Crippen LogP contribution < -0.4 is 8.92 Å². The molecule has 2 aromatic carbocycles. The maximum absolute atomic E-state index is 13.6. The third-order valence-corrected chi connectivity index (χ3v) is 7.04. The molecule has 0 aliphatic carbocycles.